The fourth-order valence-electron chi connectivity index (χ4n) is 4.05. The summed E-state index contributed by atoms with van der Waals surface area (Å²) in [5.41, 5.74) is 4.49. The third-order valence-electron chi connectivity index (χ3n) is 5.97. The molecule has 2 saturated heterocycles. The Morgan fingerprint density at radius 3 is 2.38 bits per heavy atom. The number of aliphatic hydroxyl groups excluding tert-OH is 6. The molecule has 2 aliphatic heterocycles. The third-order valence-corrected chi connectivity index (χ3v) is 8.51. The maximum Gasteiger partial charge on any atom is 0.280 e. The molecular formula is C17H25N5O16P2-2. The van der Waals surface area contributed by atoms with Crippen LogP contribution in [0.1, 0.15) is 12.6 Å². The van der Waals surface area contributed by atoms with E-state index < -0.39 is 89.7 Å². The number of rotatable bonds is 10. The zero-order valence-corrected chi connectivity index (χ0v) is 21.8. The van der Waals surface area contributed by atoms with E-state index in [9.17, 15) is 49.2 Å². The van der Waals surface area contributed by atoms with E-state index in [1.54, 1.807) is 0 Å². The van der Waals surface area contributed by atoms with Gasteiger partial charge in [-0.3, -0.25) is 28.0 Å². The van der Waals surface area contributed by atoms with Crippen LogP contribution in [0, 0.1) is 0 Å². The number of phosphoric ester groups is 2. The number of nitrogen functional groups attached to an aromatic ring is 1. The van der Waals surface area contributed by atoms with Gasteiger partial charge in [-0.15, -0.1) is 0 Å². The minimum Gasteiger partial charge on any atom is -0.756 e. The Morgan fingerprint density at radius 2 is 1.70 bits per heavy atom. The van der Waals surface area contributed by atoms with Crippen LogP contribution in [0.5, 0.6) is 0 Å². The number of aliphatic hydroxyl groups is 6. The number of ether oxygens (including phenoxy) is 2. The number of phosphoric acid groups is 2. The topological polar surface area (TPSA) is 337 Å². The van der Waals surface area contributed by atoms with E-state index in [0.717, 1.165) is 10.9 Å². The minimum atomic E-state index is -5.90. The molecule has 0 aliphatic carbocycles. The molecule has 2 fully saturated rings. The number of H-pyrrole nitrogens is 1. The molecule has 0 amide bonds. The maximum absolute atomic E-state index is 12.2. The third kappa shape index (κ3) is 6.44. The molecule has 2 aromatic heterocycles. The Bertz CT molecular complexity index is 1360. The molecule has 226 valence electrons. The van der Waals surface area contributed by atoms with Crippen LogP contribution in [0.25, 0.3) is 11.2 Å². The molecule has 40 heavy (non-hydrogen) atoms. The quantitative estimate of drug-likeness (QED) is 0.115. The van der Waals surface area contributed by atoms with Crippen molar-refractivity contribution in [3.05, 3.63) is 16.7 Å². The first kappa shape index (κ1) is 31.0. The normalized spacial score (nSPS) is 36.0. The van der Waals surface area contributed by atoms with Crippen molar-refractivity contribution in [2.75, 3.05) is 18.9 Å². The monoisotopic (exact) mass is 617 g/mol. The number of anilines is 1. The largest absolute Gasteiger partial charge is 0.756 e. The van der Waals surface area contributed by atoms with Crippen LogP contribution >= 0.6 is 15.6 Å². The zero-order chi connectivity index (χ0) is 29.6. The molecule has 0 aromatic carbocycles. The Kier molecular flexibility index (Phi) is 9.13. The first-order valence-corrected chi connectivity index (χ1v) is 14.3. The molecule has 9 N–H and O–H groups in total. The van der Waals surface area contributed by atoms with Gasteiger partial charge in [-0.25, -0.2) is 9.29 Å². The van der Waals surface area contributed by atoms with Gasteiger partial charge in [0.1, 0.15) is 36.6 Å². The van der Waals surface area contributed by atoms with E-state index in [2.05, 4.69) is 28.3 Å². The Morgan fingerprint density at radius 1 is 1.02 bits per heavy atom. The molecule has 2 unspecified atom stereocenters. The summed E-state index contributed by atoms with van der Waals surface area (Å²) in [7, 11) is -11.7. The number of hydrogen-bond acceptors (Lipinski definition) is 19. The number of hydrogen-bond donors (Lipinski definition) is 8. The van der Waals surface area contributed by atoms with Gasteiger partial charge < -0.3 is 60.2 Å². The molecule has 0 saturated carbocycles. The van der Waals surface area contributed by atoms with Gasteiger partial charge in [-0.1, -0.05) is 0 Å². The van der Waals surface area contributed by atoms with E-state index in [0.29, 0.717) is 0 Å². The average Bonchev–Trinajstić information content (AvgIpc) is 3.39. The van der Waals surface area contributed by atoms with Gasteiger partial charge in [0.2, 0.25) is 5.95 Å². The lowest BCUT2D eigenvalue weighted by Crippen LogP contribution is -2.58. The van der Waals surface area contributed by atoms with Crippen molar-refractivity contribution in [1.82, 2.24) is 19.5 Å². The summed E-state index contributed by atoms with van der Waals surface area (Å²) >= 11 is 0. The standard InChI is InChI=1S/C17H27N5O16P2/c18-17-20-13-7(14(29)21-17)19-4-22(13)15-11(27)9(25)6(35-15)3-34-39(30,31)38-40(32,33)37-16-12(28)10(26)8(24)5(36-16)1-2-23/h4-6,8-12,15-16,23-28H,1-3H2,(H,30,31)(H,32,33)(H3,18,20,21,29)/p-2/t5-,6-,8-,9-,10+,11-,12+,15-,16-/m1/s1. The van der Waals surface area contributed by atoms with Crippen molar-refractivity contribution in [1.29, 1.82) is 0 Å². The molecule has 0 spiro atoms. The summed E-state index contributed by atoms with van der Waals surface area (Å²) in [6.07, 6.45) is -15.3. The van der Waals surface area contributed by atoms with Gasteiger partial charge in [-0.05, 0) is 6.42 Å². The van der Waals surface area contributed by atoms with Crippen LogP contribution in [-0.2, 0) is 32.0 Å². The van der Waals surface area contributed by atoms with Gasteiger partial charge in [0.05, 0.1) is 19.0 Å². The minimum absolute atomic E-state index is 0.132. The highest BCUT2D eigenvalue weighted by molar-refractivity contribution is 7.59. The molecule has 0 bridgehead atoms. The lowest BCUT2D eigenvalue weighted by atomic mass is 9.97. The first-order chi connectivity index (χ1) is 18.6. The fourth-order valence-corrected chi connectivity index (χ4v) is 6.13. The summed E-state index contributed by atoms with van der Waals surface area (Å²) in [6, 6.07) is 0. The van der Waals surface area contributed by atoms with E-state index >= 15 is 0 Å². The predicted molar refractivity (Wildman–Crippen MR) is 120 cm³/mol. The Labute approximate surface area is 222 Å². The van der Waals surface area contributed by atoms with Crippen molar-refractivity contribution in [3.8, 4) is 0 Å². The smallest absolute Gasteiger partial charge is 0.280 e. The summed E-state index contributed by atoms with van der Waals surface area (Å²) in [5.74, 6) is -0.290. The number of nitrogens with zero attached hydrogens (tertiary/aromatic N) is 3. The van der Waals surface area contributed by atoms with E-state index in [4.69, 9.17) is 20.3 Å². The average molecular weight is 617 g/mol. The van der Waals surface area contributed by atoms with Crippen molar-refractivity contribution < 1.29 is 72.4 Å². The molecule has 2 aromatic rings. The fraction of sp³-hybridized carbons (Fsp3) is 0.706. The molecule has 4 rings (SSSR count). The molecule has 21 nitrogen and oxygen atoms in total. The summed E-state index contributed by atoms with van der Waals surface area (Å²) in [6.45, 7) is -1.64. The zero-order valence-electron chi connectivity index (χ0n) is 20.0. The highest BCUT2D eigenvalue weighted by atomic mass is 31.3. The lowest BCUT2D eigenvalue weighted by Gasteiger charge is -2.42. The number of aromatic amines is 1. The van der Waals surface area contributed by atoms with Crippen molar-refractivity contribution in [2.45, 2.75) is 61.7 Å². The van der Waals surface area contributed by atoms with Crippen LogP contribution in [-0.4, -0.2) is 112 Å². The van der Waals surface area contributed by atoms with Crippen LogP contribution < -0.4 is 21.1 Å². The summed E-state index contributed by atoms with van der Waals surface area (Å²) < 4.78 is 48.6. The number of imidazole rings is 1. The second-order valence-corrected chi connectivity index (χ2v) is 11.6. The molecular weight excluding hydrogens is 592 g/mol. The van der Waals surface area contributed by atoms with E-state index in [-0.39, 0.29) is 23.5 Å². The predicted octanol–water partition coefficient (Wildman–Crippen LogP) is -5.50. The Balaban J connectivity index is 1.39. The molecule has 11 atom stereocenters. The van der Waals surface area contributed by atoms with Crippen molar-refractivity contribution >= 4 is 32.8 Å². The maximum atomic E-state index is 12.2. The highest BCUT2D eigenvalue weighted by Crippen LogP contribution is 2.57. The van der Waals surface area contributed by atoms with Crippen LogP contribution in [0.15, 0.2) is 11.1 Å². The number of nitrogens with one attached hydrogen (secondary N) is 1. The second-order valence-electron chi connectivity index (χ2n) is 8.73. The van der Waals surface area contributed by atoms with Gasteiger partial charge >= 0.3 is 0 Å². The van der Waals surface area contributed by atoms with E-state index in [1.165, 1.54) is 0 Å². The Hall–Kier alpha value is -1.91. The number of nitrogens with two attached hydrogens (primary N) is 1. The van der Waals surface area contributed by atoms with Crippen LogP contribution in [0.2, 0.25) is 0 Å². The number of fused-ring (bicyclic) bond motifs is 1. The van der Waals surface area contributed by atoms with Crippen molar-refractivity contribution in [3.63, 3.8) is 0 Å². The number of aromatic nitrogens is 4. The lowest BCUT2D eigenvalue weighted by molar-refractivity contribution is -0.303. The SMILES string of the molecule is Nc1nc2c(ncn2[C@@H]2O[C@H](COP(=O)([O-])OP(=O)([O-])O[C@H]3O[C@H](CCO)[C@@H](O)[C@H](O)[C@@H]3O)[C@@H](O)[C@H]2O)c(=O)[nH]1. The van der Waals surface area contributed by atoms with E-state index in [1.807, 2.05) is 0 Å². The summed E-state index contributed by atoms with van der Waals surface area (Å²) in [5, 5.41) is 59.4. The van der Waals surface area contributed by atoms with Gasteiger partial charge in [0.25, 0.3) is 21.2 Å². The molecule has 23 heteroatoms. The summed E-state index contributed by atoms with van der Waals surface area (Å²) in [4.78, 5) is 46.3. The van der Waals surface area contributed by atoms with Gasteiger partial charge in [0, 0.05) is 6.61 Å². The molecule has 2 aliphatic rings. The van der Waals surface area contributed by atoms with Gasteiger partial charge in [-0.2, -0.15) is 4.98 Å². The molecule has 4 heterocycles. The van der Waals surface area contributed by atoms with Crippen LogP contribution in [0.4, 0.5) is 5.95 Å². The second kappa shape index (κ2) is 11.8. The van der Waals surface area contributed by atoms with Crippen molar-refractivity contribution in [2.24, 2.45) is 0 Å². The first-order valence-electron chi connectivity index (χ1n) is 11.3. The van der Waals surface area contributed by atoms with Crippen LogP contribution in [0.3, 0.4) is 0 Å². The highest BCUT2D eigenvalue weighted by Gasteiger charge is 2.47. The molecule has 0 radical (unpaired) electrons. The van der Waals surface area contributed by atoms with Gasteiger partial charge in [0.15, 0.2) is 23.7 Å².